The first kappa shape index (κ1) is 19.0. The topological polar surface area (TPSA) is 61.8 Å². The summed E-state index contributed by atoms with van der Waals surface area (Å²) in [6.45, 7) is 1.21. The molecule has 0 N–H and O–H groups in total. The minimum absolute atomic E-state index is 0.0533. The Kier molecular flexibility index (Phi) is 5.52. The number of hydrogen-bond acceptors (Lipinski definition) is 5. The van der Waals surface area contributed by atoms with E-state index < -0.39 is 35.9 Å². The van der Waals surface area contributed by atoms with Crippen molar-refractivity contribution in [1.82, 2.24) is 0 Å². The van der Waals surface area contributed by atoms with Gasteiger partial charge in [0.25, 0.3) is 5.60 Å². The summed E-state index contributed by atoms with van der Waals surface area (Å²) in [6.07, 6.45) is -3.72. The molecule has 136 valence electrons. The van der Waals surface area contributed by atoms with Gasteiger partial charge in [0.1, 0.15) is 12.2 Å². The lowest BCUT2D eigenvalue weighted by atomic mass is 9.92. The van der Waals surface area contributed by atoms with Crippen LogP contribution in [0, 0.1) is 0 Å². The van der Waals surface area contributed by atoms with Crippen molar-refractivity contribution in [3.8, 4) is 0 Å². The fourth-order valence-corrected chi connectivity index (χ4v) is 2.63. The van der Waals surface area contributed by atoms with Crippen molar-refractivity contribution in [3.63, 3.8) is 0 Å². The third-order valence-corrected chi connectivity index (χ3v) is 3.75. The molecule has 8 heteroatoms. The van der Waals surface area contributed by atoms with Crippen molar-refractivity contribution in [2.45, 2.75) is 37.3 Å². The Bertz CT molecular complexity index is 656. The van der Waals surface area contributed by atoms with Gasteiger partial charge in [-0.1, -0.05) is 30.3 Å². The Morgan fingerprint density at radius 3 is 2.08 bits per heavy atom. The zero-order chi connectivity index (χ0) is 18.7. The van der Waals surface area contributed by atoms with Gasteiger partial charge in [-0.3, -0.25) is 4.79 Å². The summed E-state index contributed by atoms with van der Waals surface area (Å²) in [5.74, 6) is -2.11. The predicted octanol–water partition coefficient (Wildman–Crippen LogP) is 2.89. The maximum atomic E-state index is 13.7. The van der Waals surface area contributed by atoms with Gasteiger partial charge in [0.15, 0.2) is 0 Å². The van der Waals surface area contributed by atoms with Crippen LogP contribution in [0.3, 0.4) is 0 Å². The maximum Gasteiger partial charge on any atom is 0.432 e. The van der Waals surface area contributed by atoms with Crippen molar-refractivity contribution >= 4 is 11.9 Å². The average molecular weight is 358 g/mol. The van der Waals surface area contributed by atoms with Crippen LogP contribution in [0.5, 0.6) is 0 Å². The third kappa shape index (κ3) is 3.84. The fraction of sp³-hybridized carbons (Fsp3) is 0.412. The quantitative estimate of drug-likeness (QED) is 0.598. The molecule has 0 radical (unpaired) electrons. The van der Waals surface area contributed by atoms with Gasteiger partial charge in [0, 0.05) is 26.0 Å². The standard InChI is InChI=1S/C17H17F3O5/c1-11(21)24-13-8-9-14(10-13)25-15(22)16(23-2,17(18,19)20)12-6-4-3-5-7-12/h3-9,13-14H,10H2,1-2H3/t13-,14-,16+/m0/s1. The third-order valence-electron chi connectivity index (χ3n) is 3.75. The number of alkyl halides is 3. The summed E-state index contributed by atoms with van der Waals surface area (Å²) in [4.78, 5) is 23.3. The molecule has 0 saturated heterocycles. The Morgan fingerprint density at radius 2 is 1.60 bits per heavy atom. The molecule has 1 aliphatic rings. The summed E-state index contributed by atoms with van der Waals surface area (Å²) < 4.78 is 55.7. The molecule has 2 rings (SSSR count). The number of carbonyl (C=O) groups excluding carboxylic acids is 2. The molecule has 1 aromatic carbocycles. The molecule has 0 aromatic heterocycles. The van der Waals surface area contributed by atoms with Crippen molar-refractivity contribution < 1.29 is 37.0 Å². The largest absolute Gasteiger partial charge is 0.458 e. The van der Waals surface area contributed by atoms with Gasteiger partial charge in [-0.15, -0.1) is 0 Å². The second-order valence-corrected chi connectivity index (χ2v) is 5.46. The van der Waals surface area contributed by atoms with Gasteiger partial charge in [0.2, 0.25) is 0 Å². The van der Waals surface area contributed by atoms with Gasteiger partial charge in [-0.2, -0.15) is 13.2 Å². The lowest BCUT2D eigenvalue weighted by molar-refractivity contribution is -0.277. The molecule has 0 fully saturated rings. The van der Waals surface area contributed by atoms with Crippen LogP contribution >= 0.6 is 0 Å². The molecule has 25 heavy (non-hydrogen) atoms. The van der Waals surface area contributed by atoms with E-state index in [2.05, 4.69) is 4.74 Å². The Morgan fingerprint density at radius 1 is 1.04 bits per heavy atom. The van der Waals surface area contributed by atoms with E-state index in [0.717, 1.165) is 19.2 Å². The molecule has 0 saturated carbocycles. The van der Waals surface area contributed by atoms with E-state index in [1.54, 1.807) is 0 Å². The summed E-state index contributed by atoms with van der Waals surface area (Å²) in [5, 5.41) is 0. The van der Waals surface area contributed by atoms with Crippen LogP contribution in [0.4, 0.5) is 13.2 Å². The number of esters is 2. The molecule has 0 heterocycles. The van der Waals surface area contributed by atoms with Crippen LogP contribution in [0.2, 0.25) is 0 Å². The second kappa shape index (κ2) is 7.26. The number of rotatable bonds is 5. The first-order valence-electron chi connectivity index (χ1n) is 7.44. The lowest BCUT2D eigenvalue weighted by Gasteiger charge is -2.33. The molecular formula is C17H17F3O5. The van der Waals surface area contributed by atoms with E-state index in [1.807, 2.05) is 0 Å². The minimum atomic E-state index is -5.03. The molecule has 1 aliphatic carbocycles. The van der Waals surface area contributed by atoms with Crippen LogP contribution < -0.4 is 0 Å². The van der Waals surface area contributed by atoms with Crippen molar-refractivity contribution in [2.75, 3.05) is 7.11 Å². The monoisotopic (exact) mass is 358 g/mol. The van der Waals surface area contributed by atoms with E-state index in [-0.39, 0.29) is 12.0 Å². The molecule has 0 bridgehead atoms. The van der Waals surface area contributed by atoms with Gasteiger partial charge in [-0.25, -0.2) is 4.79 Å². The first-order valence-corrected chi connectivity index (χ1v) is 7.44. The number of ether oxygens (including phenoxy) is 3. The van der Waals surface area contributed by atoms with Crippen molar-refractivity contribution in [2.24, 2.45) is 0 Å². The Labute approximate surface area is 142 Å². The molecule has 0 spiro atoms. The molecule has 0 aliphatic heterocycles. The number of benzene rings is 1. The summed E-state index contributed by atoms with van der Waals surface area (Å²) in [5.41, 5.74) is -3.62. The first-order chi connectivity index (χ1) is 11.7. The smallest absolute Gasteiger partial charge is 0.432 e. The van der Waals surface area contributed by atoms with Crippen molar-refractivity contribution in [1.29, 1.82) is 0 Å². The van der Waals surface area contributed by atoms with E-state index >= 15 is 0 Å². The molecule has 0 unspecified atom stereocenters. The van der Waals surface area contributed by atoms with E-state index in [4.69, 9.17) is 9.47 Å². The second-order valence-electron chi connectivity index (χ2n) is 5.46. The highest BCUT2D eigenvalue weighted by atomic mass is 19.4. The van der Waals surface area contributed by atoms with Gasteiger partial charge in [-0.05, 0) is 12.2 Å². The molecule has 1 aromatic rings. The highest BCUT2D eigenvalue weighted by Crippen LogP contribution is 2.43. The zero-order valence-electron chi connectivity index (χ0n) is 13.6. The SMILES string of the molecule is CO[C@@](C(=O)O[C@H]1C=C[C@H](OC(C)=O)C1)(c1ccccc1)C(F)(F)F. The normalized spacial score (nSPS) is 22.3. The van der Waals surface area contributed by atoms with Crippen LogP contribution in [0.1, 0.15) is 18.9 Å². The molecule has 5 nitrogen and oxygen atoms in total. The summed E-state index contributed by atoms with van der Waals surface area (Å²) in [7, 11) is 0.800. The number of hydrogen-bond donors (Lipinski definition) is 0. The maximum absolute atomic E-state index is 13.7. The van der Waals surface area contributed by atoms with Gasteiger partial charge in [0.05, 0.1) is 0 Å². The lowest BCUT2D eigenvalue weighted by Crippen LogP contribution is -2.52. The van der Waals surface area contributed by atoms with Crippen molar-refractivity contribution in [3.05, 3.63) is 48.0 Å². The fourth-order valence-electron chi connectivity index (χ4n) is 2.63. The Hall–Kier alpha value is -2.35. The highest BCUT2D eigenvalue weighted by Gasteiger charge is 2.64. The van der Waals surface area contributed by atoms with Crippen LogP contribution in [-0.4, -0.2) is 37.4 Å². The van der Waals surface area contributed by atoms with Crippen LogP contribution in [0.15, 0.2) is 42.5 Å². The predicted molar refractivity (Wildman–Crippen MR) is 80.4 cm³/mol. The summed E-state index contributed by atoms with van der Waals surface area (Å²) in [6, 6.07) is 6.55. The molecule has 0 amide bonds. The zero-order valence-corrected chi connectivity index (χ0v) is 13.6. The summed E-state index contributed by atoms with van der Waals surface area (Å²) >= 11 is 0. The van der Waals surface area contributed by atoms with Gasteiger partial charge >= 0.3 is 18.1 Å². The Balaban J connectivity index is 2.23. The van der Waals surface area contributed by atoms with E-state index in [1.165, 1.54) is 37.3 Å². The van der Waals surface area contributed by atoms with E-state index in [9.17, 15) is 22.8 Å². The van der Waals surface area contributed by atoms with Crippen LogP contribution in [-0.2, 0) is 29.4 Å². The number of methoxy groups -OCH3 is 1. The highest BCUT2D eigenvalue weighted by molar-refractivity contribution is 5.83. The molecular weight excluding hydrogens is 341 g/mol. The van der Waals surface area contributed by atoms with Crippen LogP contribution in [0.25, 0.3) is 0 Å². The minimum Gasteiger partial charge on any atom is -0.458 e. The molecule has 3 atom stereocenters. The number of carbonyl (C=O) groups is 2. The average Bonchev–Trinajstić information content (AvgIpc) is 2.94. The number of halogens is 3. The van der Waals surface area contributed by atoms with Gasteiger partial charge < -0.3 is 14.2 Å². The van der Waals surface area contributed by atoms with E-state index in [0.29, 0.717) is 0 Å².